The Kier molecular flexibility index (Phi) is 5.33. The largest absolute Gasteiger partial charge is 0.502 e. The van der Waals surface area contributed by atoms with Crippen LogP contribution in [0.4, 0.5) is 4.39 Å². The number of halogens is 1. The third-order valence-corrected chi connectivity index (χ3v) is 8.28. The van der Waals surface area contributed by atoms with Crippen LogP contribution >= 0.6 is 11.8 Å². The van der Waals surface area contributed by atoms with Gasteiger partial charge in [-0.25, -0.2) is 4.39 Å². The molecule has 0 spiro atoms. The molecule has 4 heterocycles. The maximum absolute atomic E-state index is 15.5. The van der Waals surface area contributed by atoms with E-state index in [1.807, 2.05) is 48.4 Å². The number of hydrogen-bond donors (Lipinski definition) is 1. The molecule has 1 aromatic heterocycles. The fraction of sp³-hybridized carbons (Fsp3) is 0.259. The highest BCUT2D eigenvalue weighted by molar-refractivity contribution is 7.98. The Morgan fingerprint density at radius 1 is 1.11 bits per heavy atom. The molecule has 3 aromatic rings. The number of hydrogen-bond acceptors (Lipinski definition) is 6. The average molecular weight is 506 g/mol. The maximum Gasteiger partial charge on any atom is 0.277 e. The minimum atomic E-state index is -1.02. The first-order valence-corrected chi connectivity index (χ1v) is 12.7. The summed E-state index contributed by atoms with van der Waals surface area (Å²) in [5, 5.41) is 12.7. The van der Waals surface area contributed by atoms with Gasteiger partial charge in [0.05, 0.1) is 0 Å². The second kappa shape index (κ2) is 8.44. The van der Waals surface area contributed by atoms with Gasteiger partial charge in [0.25, 0.3) is 5.91 Å². The first kappa shape index (κ1) is 22.7. The van der Waals surface area contributed by atoms with Gasteiger partial charge in [0.15, 0.2) is 11.4 Å². The minimum Gasteiger partial charge on any atom is -0.502 e. The molecule has 0 aliphatic carbocycles. The lowest BCUT2D eigenvalue weighted by Gasteiger charge is -2.50. The molecule has 2 aromatic carbocycles. The summed E-state index contributed by atoms with van der Waals surface area (Å²) < 4.78 is 23.2. The van der Waals surface area contributed by atoms with Gasteiger partial charge in [0.1, 0.15) is 30.4 Å². The summed E-state index contributed by atoms with van der Waals surface area (Å²) in [5.74, 6) is -0.413. The first-order chi connectivity index (χ1) is 17.4. The van der Waals surface area contributed by atoms with Crippen LogP contribution in [0.25, 0.3) is 0 Å². The Hall–Kier alpha value is -3.72. The van der Waals surface area contributed by atoms with E-state index < -0.39 is 22.6 Å². The zero-order valence-corrected chi connectivity index (χ0v) is 20.4. The third kappa shape index (κ3) is 3.26. The quantitative estimate of drug-likeness (QED) is 0.467. The molecule has 1 amide bonds. The zero-order chi connectivity index (χ0) is 25.0. The lowest BCUT2D eigenvalue weighted by Crippen LogP contribution is -2.62. The Morgan fingerprint density at radius 2 is 1.94 bits per heavy atom. The second-order valence-corrected chi connectivity index (χ2v) is 10.2. The van der Waals surface area contributed by atoms with Crippen molar-refractivity contribution in [3.63, 3.8) is 0 Å². The van der Waals surface area contributed by atoms with E-state index in [-0.39, 0.29) is 18.2 Å². The predicted octanol–water partition coefficient (Wildman–Crippen LogP) is 3.95. The smallest absolute Gasteiger partial charge is 0.277 e. The standard InChI is InChI=1S/C27H24FN3O4S/c1-27-18-7-3-4-8-22(18)36-15-17-19(28)9-10-21(23(17)27)35-14-6-2-5-12-29-16-31(27)30-13-11-20(32)25(33)24(30)26(29)34/h2-4,6-11,13,33H,5,12,14-16H2,1H3/b6-2-/t27-/m1/s1. The molecule has 0 saturated carbocycles. The Labute approximate surface area is 211 Å². The number of pyridine rings is 1. The van der Waals surface area contributed by atoms with Crippen molar-refractivity contribution in [3.8, 4) is 11.5 Å². The van der Waals surface area contributed by atoms with Gasteiger partial charge in [-0.15, -0.1) is 11.8 Å². The van der Waals surface area contributed by atoms with Crippen LogP contribution in [0.3, 0.4) is 0 Å². The molecular weight excluding hydrogens is 481 g/mol. The van der Waals surface area contributed by atoms with Crippen molar-refractivity contribution in [2.24, 2.45) is 0 Å². The molecule has 2 bridgehead atoms. The molecule has 9 heteroatoms. The molecule has 3 aliphatic rings. The van der Waals surface area contributed by atoms with Crippen molar-refractivity contribution in [3.05, 3.63) is 99.2 Å². The van der Waals surface area contributed by atoms with Gasteiger partial charge in [-0.1, -0.05) is 30.4 Å². The molecule has 0 saturated heterocycles. The molecule has 0 unspecified atom stereocenters. The van der Waals surface area contributed by atoms with E-state index in [1.165, 1.54) is 18.3 Å². The molecule has 184 valence electrons. The van der Waals surface area contributed by atoms with Crippen LogP contribution in [-0.2, 0) is 11.3 Å². The number of rotatable bonds is 0. The normalized spacial score (nSPS) is 21.7. The molecule has 1 N–H and O–H groups in total. The van der Waals surface area contributed by atoms with Gasteiger partial charge in [0, 0.05) is 40.6 Å². The van der Waals surface area contributed by atoms with Crippen LogP contribution in [0, 0.1) is 5.82 Å². The van der Waals surface area contributed by atoms with Crippen LogP contribution in [0.1, 0.15) is 40.5 Å². The van der Waals surface area contributed by atoms with E-state index >= 15 is 4.39 Å². The lowest BCUT2D eigenvalue weighted by molar-refractivity contribution is 0.0664. The molecule has 0 fully saturated rings. The highest BCUT2D eigenvalue weighted by atomic mass is 32.2. The number of aromatic nitrogens is 1. The van der Waals surface area contributed by atoms with E-state index in [1.54, 1.807) is 27.4 Å². The monoisotopic (exact) mass is 505 g/mol. The zero-order valence-electron chi connectivity index (χ0n) is 19.6. The van der Waals surface area contributed by atoms with E-state index in [0.29, 0.717) is 42.2 Å². The summed E-state index contributed by atoms with van der Waals surface area (Å²) in [6, 6.07) is 12.2. The summed E-state index contributed by atoms with van der Waals surface area (Å²) in [4.78, 5) is 28.5. The number of fused-ring (bicyclic) bond motifs is 7. The topological polar surface area (TPSA) is 75.0 Å². The Balaban J connectivity index is 1.74. The fourth-order valence-electron chi connectivity index (χ4n) is 5.39. The van der Waals surface area contributed by atoms with Crippen LogP contribution in [-0.4, -0.2) is 40.4 Å². The lowest BCUT2D eigenvalue weighted by atomic mass is 9.80. The summed E-state index contributed by atoms with van der Waals surface area (Å²) >= 11 is 1.55. The molecular formula is C27H24FN3O4S. The van der Waals surface area contributed by atoms with Gasteiger partial charge >= 0.3 is 0 Å². The molecule has 7 nitrogen and oxygen atoms in total. The van der Waals surface area contributed by atoms with E-state index in [4.69, 9.17) is 4.74 Å². The van der Waals surface area contributed by atoms with Crippen molar-refractivity contribution in [2.45, 2.75) is 29.5 Å². The molecule has 6 rings (SSSR count). The molecule has 36 heavy (non-hydrogen) atoms. The SMILES string of the molecule is C[C@@]12c3ccccc3SCc3c(F)ccc(c31)OC/C=C\CCN1CN2n2ccc(=O)c(O)c2C1=O. The molecule has 0 radical (unpaired) electrons. The Bertz CT molecular complexity index is 1490. The fourth-order valence-corrected chi connectivity index (χ4v) is 6.57. The number of carbonyl (C=O) groups excluding carboxylic acids is 1. The van der Waals surface area contributed by atoms with Gasteiger partial charge < -0.3 is 14.7 Å². The average Bonchev–Trinajstić information content (AvgIpc) is 3.01. The van der Waals surface area contributed by atoms with Crippen LogP contribution in [0.2, 0.25) is 0 Å². The summed E-state index contributed by atoms with van der Waals surface area (Å²) in [7, 11) is 0. The summed E-state index contributed by atoms with van der Waals surface area (Å²) in [6.45, 7) is 2.83. The second-order valence-electron chi connectivity index (χ2n) is 9.16. The van der Waals surface area contributed by atoms with Gasteiger partial charge in [0.2, 0.25) is 5.43 Å². The maximum atomic E-state index is 15.5. The number of thioether (sulfide) groups is 1. The third-order valence-electron chi connectivity index (χ3n) is 7.18. The number of benzene rings is 2. The number of amides is 1. The minimum absolute atomic E-state index is 0.106. The molecule has 3 aliphatic heterocycles. The summed E-state index contributed by atoms with van der Waals surface area (Å²) in [5.41, 5.74) is 0.334. The first-order valence-electron chi connectivity index (χ1n) is 11.7. The number of nitrogens with zero attached hydrogens (tertiary/aromatic N) is 3. The van der Waals surface area contributed by atoms with Gasteiger partial charge in [-0.05, 0) is 37.1 Å². The number of carbonyl (C=O) groups is 1. The van der Waals surface area contributed by atoms with Crippen LogP contribution in [0.15, 0.2) is 70.5 Å². The summed E-state index contributed by atoms with van der Waals surface area (Å²) in [6.07, 6.45) is 5.89. The van der Waals surface area contributed by atoms with Crippen LogP contribution in [0.5, 0.6) is 11.5 Å². The molecule has 1 atom stereocenters. The highest BCUT2D eigenvalue weighted by Gasteiger charge is 2.48. The van der Waals surface area contributed by atoms with Crippen molar-refractivity contribution in [2.75, 3.05) is 24.8 Å². The number of aromatic hydroxyl groups is 1. The van der Waals surface area contributed by atoms with Crippen molar-refractivity contribution in [1.29, 1.82) is 0 Å². The van der Waals surface area contributed by atoms with E-state index in [9.17, 15) is 14.7 Å². The van der Waals surface area contributed by atoms with Gasteiger partial charge in [-0.3, -0.25) is 19.3 Å². The van der Waals surface area contributed by atoms with Crippen molar-refractivity contribution in [1.82, 2.24) is 9.58 Å². The van der Waals surface area contributed by atoms with Gasteiger partial charge in [-0.2, -0.15) is 0 Å². The van der Waals surface area contributed by atoms with Crippen molar-refractivity contribution < 1.29 is 19.0 Å². The van der Waals surface area contributed by atoms with Crippen molar-refractivity contribution >= 4 is 17.7 Å². The number of ether oxygens (including phenoxy) is 1. The Morgan fingerprint density at radius 3 is 2.81 bits per heavy atom. The predicted molar refractivity (Wildman–Crippen MR) is 135 cm³/mol. The highest BCUT2D eigenvalue weighted by Crippen LogP contribution is 2.50. The van der Waals surface area contributed by atoms with Crippen LogP contribution < -0.4 is 15.2 Å². The van der Waals surface area contributed by atoms with E-state index in [2.05, 4.69) is 0 Å². The van der Waals surface area contributed by atoms with E-state index in [0.717, 1.165) is 10.5 Å².